The molecule has 3 heterocycles. The van der Waals surface area contributed by atoms with Crippen molar-refractivity contribution < 1.29 is 47.2 Å². The summed E-state index contributed by atoms with van der Waals surface area (Å²) in [5.74, 6) is -0.0404. The Morgan fingerprint density at radius 1 is 1.21 bits per heavy atom. The second kappa shape index (κ2) is 10.6. The van der Waals surface area contributed by atoms with E-state index >= 15 is 0 Å². The summed E-state index contributed by atoms with van der Waals surface area (Å²) in [4.78, 5) is 26.2. The van der Waals surface area contributed by atoms with Crippen LogP contribution in [0.3, 0.4) is 0 Å². The lowest BCUT2D eigenvalue weighted by Gasteiger charge is -2.19. The van der Waals surface area contributed by atoms with E-state index in [4.69, 9.17) is 19.3 Å². The lowest BCUT2D eigenvalue weighted by atomic mass is 10.1. The number of alkyl halides is 3. The van der Waals surface area contributed by atoms with Crippen LogP contribution in [0, 0.1) is 11.3 Å². The van der Waals surface area contributed by atoms with Crippen LogP contribution in [0.1, 0.15) is 36.1 Å². The van der Waals surface area contributed by atoms with Gasteiger partial charge in [-0.15, -0.1) is 0 Å². The van der Waals surface area contributed by atoms with Crippen molar-refractivity contribution in [3.63, 3.8) is 0 Å². The van der Waals surface area contributed by atoms with E-state index in [1.54, 1.807) is 13.0 Å². The number of nitrogens with zero attached hydrogens (tertiary/aromatic N) is 4. The lowest BCUT2D eigenvalue weighted by molar-refractivity contribution is -0.137. The third-order valence-corrected chi connectivity index (χ3v) is 6.44. The predicted molar refractivity (Wildman–Crippen MR) is 125 cm³/mol. The zero-order valence-electron chi connectivity index (χ0n) is 19.6. The molecule has 38 heavy (non-hydrogen) atoms. The summed E-state index contributed by atoms with van der Waals surface area (Å²) < 4.78 is 61.6. The van der Waals surface area contributed by atoms with E-state index in [0.717, 1.165) is 12.1 Å². The topological polar surface area (TPSA) is 183 Å². The molecule has 204 valence electrons. The molecule has 0 spiro atoms. The van der Waals surface area contributed by atoms with Crippen LogP contribution in [0.5, 0.6) is 0 Å². The van der Waals surface area contributed by atoms with Crippen molar-refractivity contribution in [2.45, 2.75) is 43.7 Å². The molecule has 16 heteroatoms. The van der Waals surface area contributed by atoms with Crippen molar-refractivity contribution in [1.82, 2.24) is 14.5 Å². The summed E-state index contributed by atoms with van der Waals surface area (Å²) in [5, 5.41) is 33.9. The molecule has 5 atom stereocenters. The molecule has 1 saturated heterocycles. The van der Waals surface area contributed by atoms with Gasteiger partial charge in [0, 0.05) is 12.2 Å². The molecule has 1 aliphatic rings. The molecule has 5 N–H and O–H groups in total. The molecule has 4 rings (SSSR count). The molecule has 2 aromatic heterocycles. The van der Waals surface area contributed by atoms with Gasteiger partial charge in [0.1, 0.15) is 42.2 Å². The van der Waals surface area contributed by atoms with Gasteiger partial charge in [-0.3, -0.25) is 4.57 Å². The van der Waals surface area contributed by atoms with Gasteiger partial charge in [0.2, 0.25) is 5.82 Å². The Labute approximate surface area is 213 Å². The maximum Gasteiger partial charge on any atom is 0.416 e. The first-order valence-corrected chi connectivity index (χ1v) is 12.9. The van der Waals surface area contributed by atoms with Gasteiger partial charge in [-0.25, -0.2) is 9.97 Å². The number of fused-ring (bicyclic) bond motifs is 1. The van der Waals surface area contributed by atoms with Crippen LogP contribution in [-0.2, 0) is 20.2 Å². The first-order chi connectivity index (χ1) is 17.8. The number of aliphatic hydroxyl groups excluding tert-OH is 2. The number of hydrogen-bond acceptors (Lipinski definition) is 9. The number of anilines is 1. The zero-order valence-corrected chi connectivity index (χ0v) is 20.5. The van der Waals surface area contributed by atoms with Crippen LogP contribution in [0.4, 0.5) is 19.0 Å². The van der Waals surface area contributed by atoms with Crippen molar-refractivity contribution in [3.8, 4) is 6.07 Å². The molecule has 1 aromatic carbocycles. The van der Waals surface area contributed by atoms with Crippen LogP contribution in [0.2, 0.25) is 0 Å². The number of halogens is 3. The predicted octanol–water partition coefficient (Wildman–Crippen LogP) is 2.27. The van der Waals surface area contributed by atoms with E-state index in [9.17, 15) is 33.2 Å². The highest BCUT2D eigenvalue weighted by Gasteiger charge is 2.44. The number of aromatic nitrogens is 3. The van der Waals surface area contributed by atoms with E-state index in [1.807, 2.05) is 6.07 Å². The first-order valence-electron chi connectivity index (χ1n) is 11.1. The van der Waals surface area contributed by atoms with E-state index in [-0.39, 0.29) is 17.3 Å². The van der Waals surface area contributed by atoms with Crippen LogP contribution in [-0.4, -0.2) is 65.8 Å². The Bertz CT molecular complexity index is 1390. The Kier molecular flexibility index (Phi) is 7.78. The average Bonchev–Trinajstić information content (AvgIpc) is 3.39. The molecule has 3 aromatic rings. The van der Waals surface area contributed by atoms with Gasteiger partial charge in [-0.1, -0.05) is 12.1 Å². The first kappa shape index (κ1) is 27.9. The van der Waals surface area contributed by atoms with Gasteiger partial charge in [0.05, 0.1) is 17.6 Å². The van der Waals surface area contributed by atoms with Crippen molar-refractivity contribution in [3.05, 3.63) is 53.5 Å². The van der Waals surface area contributed by atoms with Gasteiger partial charge in [0.15, 0.2) is 6.23 Å². The van der Waals surface area contributed by atoms with Gasteiger partial charge in [-0.2, -0.15) is 18.4 Å². The second-order valence-corrected chi connectivity index (χ2v) is 10.3. The van der Waals surface area contributed by atoms with Crippen LogP contribution in [0.15, 0.2) is 36.5 Å². The number of nitriles is 1. The third kappa shape index (κ3) is 5.97. The van der Waals surface area contributed by atoms with Crippen LogP contribution in [0.25, 0.3) is 11.0 Å². The standard InChI is InChI=1S/C22H23F3N5O7P/c1-11(12-2-4-13(5-3-12)22(23,24)25)27-19-14-6-7-30(20(14)29-16(8-26)28-19)21-18(32)17(31)15(37-21)9-36-10-38(33,34)35/h2-7,11,15,17-18,21,31-32H,9-10H2,1H3,(H,27,28,29)(H2,33,34,35)/t11-,15-,17-,18-,21-/m1/s1. The zero-order chi connectivity index (χ0) is 27.8. The highest BCUT2D eigenvalue weighted by Crippen LogP contribution is 2.37. The fraction of sp³-hybridized carbons (Fsp3) is 0.409. The van der Waals surface area contributed by atoms with Gasteiger partial charge in [-0.05, 0) is 30.7 Å². The Hall–Kier alpha value is -3.09. The molecule has 12 nitrogen and oxygen atoms in total. The minimum Gasteiger partial charge on any atom is -0.387 e. The minimum atomic E-state index is -4.47. The molecule has 0 aliphatic carbocycles. The van der Waals surface area contributed by atoms with Crippen LogP contribution < -0.4 is 5.32 Å². The van der Waals surface area contributed by atoms with Gasteiger partial charge >= 0.3 is 13.8 Å². The summed E-state index contributed by atoms with van der Waals surface area (Å²) in [6.07, 6.45) is -9.11. The number of ether oxygens (including phenoxy) is 2. The molecule has 0 unspecified atom stereocenters. The third-order valence-electron chi connectivity index (χ3n) is 5.92. The van der Waals surface area contributed by atoms with E-state index in [0.29, 0.717) is 10.9 Å². The number of aliphatic hydroxyl groups is 2. The largest absolute Gasteiger partial charge is 0.416 e. The molecule has 0 amide bonds. The maximum atomic E-state index is 12.9. The van der Waals surface area contributed by atoms with Crippen molar-refractivity contribution in [2.75, 3.05) is 18.3 Å². The summed E-state index contributed by atoms with van der Waals surface area (Å²) in [7, 11) is -4.44. The van der Waals surface area contributed by atoms with E-state index in [2.05, 4.69) is 15.3 Å². The van der Waals surface area contributed by atoms with Gasteiger partial charge < -0.3 is 39.4 Å². The average molecular weight is 557 g/mol. The number of rotatable bonds is 8. The van der Waals surface area contributed by atoms with E-state index < -0.39 is 62.9 Å². The number of benzene rings is 1. The second-order valence-electron chi connectivity index (χ2n) is 8.66. The van der Waals surface area contributed by atoms with E-state index in [1.165, 1.54) is 22.9 Å². The summed E-state index contributed by atoms with van der Waals surface area (Å²) >= 11 is 0. The van der Waals surface area contributed by atoms with Crippen LogP contribution >= 0.6 is 7.60 Å². The normalized spacial score (nSPS) is 22.9. The Morgan fingerprint density at radius 3 is 2.50 bits per heavy atom. The SMILES string of the molecule is C[C@@H](Nc1nc(C#N)nc2c1ccn2[C@@H]1O[C@H](COCP(=O)(O)O)[C@@H](O)[C@H]1O)c1ccc(C(F)(F)F)cc1. The van der Waals surface area contributed by atoms with Crippen molar-refractivity contribution >= 4 is 24.4 Å². The smallest absolute Gasteiger partial charge is 0.387 e. The fourth-order valence-corrected chi connectivity index (χ4v) is 4.38. The minimum absolute atomic E-state index is 0.159. The molecule has 0 bridgehead atoms. The maximum absolute atomic E-state index is 12.9. The highest BCUT2D eigenvalue weighted by molar-refractivity contribution is 7.51. The fourth-order valence-electron chi connectivity index (χ4n) is 4.03. The summed E-state index contributed by atoms with van der Waals surface area (Å²) in [6, 6.07) is 7.46. The molecule has 0 saturated carbocycles. The number of nitrogens with one attached hydrogen (secondary N) is 1. The Balaban J connectivity index is 1.59. The van der Waals surface area contributed by atoms with Gasteiger partial charge in [0.25, 0.3) is 0 Å². The molecular formula is C22H23F3N5O7P. The quantitative estimate of drug-likeness (QED) is 0.256. The number of hydrogen-bond donors (Lipinski definition) is 5. The molecule has 0 radical (unpaired) electrons. The monoisotopic (exact) mass is 557 g/mol. The molecule has 1 fully saturated rings. The Morgan fingerprint density at radius 2 is 1.89 bits per heavy atom. The molecular weight excluding hydrogens is 534 g/mol. The van der Waals surface area contributed by atoms with Crippen molar-refractivity contribution in [1.29, 1.82) is 5.26 Å². The molecule has 1 aliphatic heterocycles. The lowest BCUT2D eigenvalue weighted by Crippen LogP contribution is -2.33. The summed E-state index contributed by atoms with van der Waals surface area (Å²) in [6.45, 7) is 1.29. The highest BCUT2D eigenvalue weighted by atomic mass is 31.2. The summed E-state index contributed by atoms with van der Waals surface area (Å²) in [5.41, 5.74) is -0.102. The van der Waals surface area contributed by atoms with Crippen molar-refractivity contribution in [2.24, 2.45) is 0 Å².